The predicted molar refractivity (Wildman–Crippen MR) is 95.8 cm³/mol. The number of nitrogens with one attached hydrogen (secondary N) is 1. The Hall–Kier alpha value is -2.93. The van der Waals surface area contributed by atoms with Crippen LogP contribution in [0.4, 0.5) is 0 Å². The second-order valence-corrected chi connectivity index (χ2v) is 7.26. The number of likely N-dealkylation sites (tertiary alicyclic amines) is 1. The number of hydrogen-bond donors (Lipinski definition) is 1. The first kappa shape index (κ1) is 16.3. The largest absolute Gasteiger partial charge is 0.343 e. The van der Waals surface area contributed by atoms with Crippen LogP contribution in [-0.4, -0.2) is 51.5 Å². The summed E-state index contributed by atoms with van der Waals surface area (Å²) in [4.78, 5) is 43.2. The van der Waals surface area contributed by atoms with E-state index in [2.05, 4.69) is 4.98 Å². The molecule has 3 atom stereocenters. The maximum Gasteiger partial charge on any atom is 0.270 e. The Morgan fingerprint density at radius 1 is 1.11 bits per heavy atom. The van der Waals surface area contributed by atoms with Gasteiger partial charge in [-0.15, -0.1) is 0 Å². The van der Waals surface area contributed by atoms with E-state index in [1.807, 2.05) is 30.3 Å². The summed E-state index contributed by atoms with van der Waals surface area (Å²) < 4.78 is 6.43. The van der Waals surface area contributed by atoms with Gasteiger partial charge in [0.2, 0.25) is 11.5 Å². The highest BCUT2D eigenvalue weighted by atomic mass is 16.5. The summed E-state index contributed by atoms with van der Waals surface area (Å²) in [5.41, 5.74) is 0.190. The summed E-state index contributed by atoms with van der Waals surface area (Å²) in [6.45, 7) is 0.995. The first-order valence-corrected chi connectivity index (χ1v) is 9.12. The molecular formula is C20H19N3O4. The second kappa shape index (κ2) is 5.79. The molecule has 0 saturated carbocycles. The molecule has 0 aliphatic carbocycles. The fourth-order valence-electron chi connectivity index (χ4n) is 4.64. The molecule has 138 valence electrons. The zero-order chi connectivity index (χ0) is 18.6. The van der Waals surface area contributed by atoms with Crippen LogP contribution in [0.15, 0.2) is 53.3 Å². The van der Waals surface area contributed by atoms with Crippen molar-refractivity contribution in [1.29, 1.82) is 0 Å². The molecule has 7 heteroatoms. The fourth-order valence-corrected chi connectivity index (χ4v) is 4.64. The highest BCUT2D eigenvalue weighted by Crippen LogP contribution is 2.50. The zero-order valence-electron chi connectivity index (χ0n) is 14.6. The number of aromatic nitrogens is 1. The summed E-state index contributed by atoms with van der Waals surface area (Å²) in [5, 5.41) is 0. The summed E-state index contributed by atoms with van der Waals surface area (Å²) >= 11 is 0. The third-order valence-corrected chi connectivity index (χ3v) is 5.86. The van der Waals surface area contributed by atoms with Gasteiger partial charge in [-0.3, -0.25) is 14.4 Å². The molecule has 1 aromatic heterocycles. The summed E-state index contributed by atoms with van der Waals surface area (Å²) in [5.74, 6) is -0.256. The van der Waals surface area contributed by atoms with Gasteiger partial charge < -0.3 is 19.5 Å². The normalized spacial score (nSPS) is 29.1. The van der Waals surface area contributed by atoms with Crippen molar-refractivity contribution in [2.45, 2.75) is 30.7 Å². The number of hydrogen-bond acceptors (Lipinski definition) is 4. The number of amides is 2. The van der Waals surface area contributed by atoms with Crippen LogP contribution in [0, 0.1) is 0 Å². The Morgan fingerprint density at radius 2 is 1.93 bits per heavy atom. The lowest BCUT2D eigenvalue weighted by atomic mass is 10.1. The lowest BCUT2D eigenvalue weighted by Crippen LogP contribution is -2.49. The molecule has 2 aromatic rings. The van der Waals surface area contributed by atoms with Gasteiger partial charge in [-0.25, -0.2) is 0 Å². The average Bonchev–Trinajstić information content (AvgIpc) is 3.30. The molecule has 5 rings (SSSR count). The minimum atomic E-state index is -0.762. The van der Waals surface area contributed by atoms with Crippen LogP contribution in [0.2, 0.25) is 0 Å². The average molecular weight is 365 g/mol. The Morgan fingerprint density at radius 3 is 2.70 bits per heavy atom. The van der Waals surface area contributed by atoms with Crippen molar-refractivity contribution in [3.63, 3.8) is 0 Å². The van der Waals surface area contributed by atoms with Gasteiger partial charge in [0, 0.05) is 19.0 Å². The Balaban J connectivity index is 1.46. The zero-order valence-corrected chi connectivity index (χ0v) is 14.6. The quantitative estimate of drug-likeness (QED) is 0.869. The molecular weight excluding hydrogens is 346 g/mol. The summed E-state index contributed by atoms with van der Waals surface area (Å²) in [6.07, 6.45) is 0.643. The van der Waals surface area contributed by atoms with Crippen LogP contribution in [0.3, 0.4) is 0 Å². The number of H-pyrrole nitrogens is 1. The SMILES string of the molecule is O=C(c1cccc(=O)[nH]1)N1CC[C@@]23O[C@H](c4ccccc4)CN2C(=O)C[C@@H]13. The fraction of sp³-hybridized carbons (Fsp3) is 0.350. The highest BCUT2D eigenvalue weighted by molar-refractivity contribution is 5.94. The van der Waals surface area contributed by atoms with Gasteiger partial charge in [0.25, 0.3) is 5.91 Å². The van der Waals surface area contributed by atoms with E-state index >= 15 is 0 Å². The third kappa shape index (κ3) is 2.35. The van der Waals surface area contributed by atoms with Gasteiger partial charge in [-0.05, 0) is 11.6 Å². The summed E-state index contributed by atoms with van der Waals surface area (Å²) in [7, 11) is 0. The Labute approximate surface area is 155 Å². The van der Waals surface area contributed by atoms with Crippen molar-refractivity contribution < 1.29 is 14.3 Å². The molecule has 3 aliphatic rings. The first-order valence-electron chi connectivity index (χ1n) is 9.12. The topological polar surface area (TPSA) is 82.7 Å². The van der Waals surface area contributed by atoms with E-state index in [1.54, 1.807) is 21.9 Å². The smallest absolute Gasteiger partial charge is 0.270 e. The van der Waals surface area contributed by atoms with Crippen molar-refractivity contribution >= 4 is 11.8 Å². The third-order valence-electron chi connectivity index (χ3n) is 5.86. The summed E-state index contributed by atoms with van der Waals surface area (Å²) in [6, 6.07) is 14.0. The second-order valence-electron chi connectivity index (χ2n) is 7.26. The standard InChI is InChI=1S/C20H19N3O4/c24-17-8-4-7-14(21-17)19(26)22-10-9-20-16(22)11-18(25)23(20)12-15(27-20)13-5-2-1-3-6-13/h1-8,15-16H,9-12H2,(H,21,24)/t15-,16+,20-/m0/s1. The van der Waals surface area contributed by atoms with Crippen molar-refractivity contribution in [3.8, 4) is 0 Å². The van der Waals surface area contributed by atoms with Gasteiger partial charge in [-0.2, -0.15) is 0 Å². The number of carbonyl (C=O) groups is 2. The van der Waals surface area contributed by atoms with Gasteiger partial charge >= 0.3 is 0 Å². The van der Waals surface area contributed by atoms with Gasteiger partial charge in [0.15, 0.2) is 5.72 Å². The van der Waals surface area contributed by atoms with E-state index in [9.17, 15) is 14.4 Å². The van der Waals surface area contributed by atoms with E-state index in [0.29, 0.717) is 19.5 Å². The van der Waals surface area contributed by atoms with Crippen molar-refractivity contribution in [1.82, 2.24) is 14.8 Å². The molecule has 4 heterocycles. The number of rotatable bonds is 2. The maximum absolute atomic E-state index is 13.0. The van der Waals surface area contributed by atoms with E-state index in [-0.39, 0.29) is 41.6 Å². The maximum atomic E-state index is 13.0. The van der Waals surface area contributed by atoms with Crippen LogP contribution in [0.1, 0.15) is 35.0 Å². The van der Waals surface area contributed by atoms with Crippen LogP contribution < -0.4 is 5.56 Å². The molecule has 3 saturated heterocycles. The minimum Gasteiger partial charge on any atom is -0.343 e. The number of pyridine rings is 1. The Bertz CT molecular complexity index is 972. The molecule has 0 bridgehead atoms. The highest BCUT2D eigenvalue weighted by Gasteiger charge is 2.65. The Kier molecular flexibility index (Phi) is 3.48. The molecule has 1 spiro atoms. The minimum absolute atomic E-state index is 0.0116. The predicted octanol–water partition coefficient (Wildman–Crippen LogP) is 1.29. The molecule has 27 heavy (non-hydrogen) atoms. The van der Waals surface area contributed by atoms with Crippen LogP contribution >= 0.6 is 0 Å². The van der Waals surface area contributed by atoms with Gasteiger partial charge in [0.05, 0.1) is 19.0 Å². The molecule has 0 radical (unpaired) electrons. The monoisotopic (exact) mass is 365 g/mol. The number of carbonyl (C=O) groups excluding carboxylic acids is 2. The number of benzene rings is 1. The van der Waals surface area contributed by atoms with Crippen LogP contribution in [0.25, 0.3) is 0 Å². The first-order chi connectivity index (χ1) is 13.1. The molecule has 7 nitrogen and oxygen atoms in total. The number of nitrogens with zero attached hydrogens (tertiary/aromatic N) is 2. The van der Waals surface area contributed by atoms with E-state index < -0.39 is 5.72 Å². The van der Waals surface area contributed by atoms with Crippen LogP contribution in [-0.2, 0) is 9.53 Å². The van der Waals surface area contributed by atoms with Gasteiger partial charge in [-0.1, -0.05) is 36.4 Å². The lowest BCUT2D eigenvalue weighted by molar-refractivity contribution is -0.138. The molecule has 3 aliphatic heterocycles. The van der Waals surface area contributed by atoms with E-state index in [0.717, 1.165) is 5.56 Å². The van der Waals surface area contributed by atoms with Gasteiger partial charge in [0.1, 0.15) is 11.8 Å². The molecule has 2 amide bonds. The molecule has 1 aromatic carbocycles. The molecule has 0 unspecified atom stereocenters. The number of aromatic amines is 1. The van der Waals surface area contributed by atoms with Crippen molar-refractivity contribution in [2.75, 3.05) is 13.1 Å². The van der Waals surface area contributed by atoms with E-state index in [1.165, 1.54) is 6.07 Å². The lowest BCUT2D eigenvalue weighted by Gasteiger charge is -2.31. The van der Waals surface area contributed by atoms with Crippen molar-refractivity contribution in [2.24, 2.45) is 0 Å². The molecule has 1 N–H and O–H groups in total. The van der Waals surface area contributed by atoms with Crippen LogP contribution in [0.5, 0.6) is 0 Å². The molecule has 3 fully saturated rings. The van der Waals surface area contributed by atoms with E-state index in [4.69, 9.17) is 4.74 Å². The number of ether oxygens (including phenoxy) is 1. The van der Waals surface area contributed by atoms with Crippen molar-refractivity contribution in [3.05, 3.63) is 70.1 Å².